The highest BCUT2D eigenvalue weighted by Crippen LogP contribution is 2.17. The van der Waals surface area contributed by atoms with Gasteiger partial charge in [-0.05, 0) is 50.9 Å². The van der Waals surface area contributed by atoms with Crippen LogP contribution in [0.1, 0.15) is 49.1 Å². The Labute approximate surface area is 156 Å². The van der Waals surface area contributed by atoms with Crippen molar-refractivity contribution in [3.63, 3.8) is 0 Å². The quantitative estimate of drug-likeness (QED) is 0.669. The Morgan fingerprint density at radius 1 is 1.16 bits per heavy atom. The molecule has 0 aliphatic heterocycles. The number of para-hydroxylation sites is 1. The fourth-order valence-electron chi connectivity index (χ4n) is 2.81. The summed E-state index contributed by atoms with van der Waals surface area (Å²) in [5.41, 5.74) is 9.64. The molecule has 0 unspecified atom stereocenters. The van der Waals surface area contributed by atoms with E-state index in [0.717, 1.165) is 54.9 Å². The van der Waals surface area contributed by atoms with Gasteiger partial charge in [0.1, 0.15) is 0 Å². The van der Waals surface area contributed by atoms with Crippen molar-refractivity contribution in [2.75, 3.05) is 6.54 Å². The van der Waals surface area contributed by atoms with Crippen LogP contribution in [0, 0.1) is 13.8 Å². The summed E-state index contributed by atoms with van der Waals surface area (Å²) in [6.45, 7) is 5.28. The zero-order chi connectivity index (χ0) is 17.4. The van der Waals surface area contributed by atoms with E-state index in [1.54, 1.807) is 0 Å². The average Bonchev–Trinajstić information content (AvgIpc) is 2.91. The molecular formula is C19H29ClN4O. The molecule has 0 aliphatic rings. The molecule has 1 amide bonds. The van der Waals surface area contributed by atoms with Crippen LogP contribution in [0.3, 0.4) is 0 Å². The molecule has 2 aromatic rings. The van der Waals surface area contributed by atoms with Gasteiger partial charge in [-0.3, -0.25) is 4.79 Å². The lowest BCUT2D eigenvalue weighted by atomic mass is 10.1. The molecule has 2 rings (SSSR count). The molecule has 138 valence electrons. The maximum Gasteiger partial charge on any atom is 0.220 e. The fourth-order valence-corrected chi connectivity index (χ4v) is 2.81. The molecule has 3 N–H and O–H groups in total. The molecule has 0 bridgehead atoms. The van der Waals surface area contributed by atoms with Crippen LogP contribution in [0.15, 0.2) is 30.3 Å². The molecule has 1 aromatic heterocycles. The number of benzene rings is 1. The zero-order valence-corrected chi connectivity index (χ0v) is 15.9. The first kappa shape index (κ1) is 21.2. The van der Waals surface area contributed by atoms with Gasteiger partial charge in [-0.25, -0.2) is 4.68 Å². The standard InChI is InChI=1S/C19H28N4O.ClH/c1-15-13-16(2)23(22-15)18-10-7-6-9-17(18)14-21-19(24)11-5-3-4-8-12-20;/h6-7,9-10,13H,3-5,8,11-12,14,20H2,1-2H3,(H,21,24);1H. The highest BCUT2D eigenvalue weighted by molar-refractivity contribution is 5.85. The van der Waals surface area contributed by atoms with E-state index < -0.39 is 0 Å². The predicted molar refractivity (Wildman–Crippen MR) is 104 cm³/mol. The van der Waals surface area contributed by atoms with Crippen molar-refractivity contribution >= 4 is 18.3 Å². The van der Waals surface area contributed by atoms with E-state index in [1.807, 2.05) is 42.8 Å². The van der Waals surface area contributed by atoms with Crippen molar-refractivity contribution in [2.24, 2.45) is 5.73 Å². The smallest absolute Gasteiger partial charge is 0.220 e. The Balaban J connectivity index is 0.00000312. The van der Waals surface area contributed by atoms with Crippen molar-refractivity contribution in [1.82, 2.24) is 15.1 Å². The normalized spacial score (nSPS) is 10.4. The van der Waals surface area contributed by atoms with Gasteiger partial charge >= 0.3 is 0 Å². The molecule has 0 radical (unpaired) electrons. The third-order valence-electron chi connectivity index (χ3n) is 4.06. The molecule has 0 fully saturated rings. The first-order chi connectivity index (χ1) is 11.6. The topological polar surface area (TPSA) is 72.9 Å². The maximum absolute atomic E-state index is 12.0. The molecule has 6 heteroatoms. The minimum atomic E-state index is 0. The minimum Gasteiger partial charge on any atom is -0.352 e. The number of hydrogen-bond donors (Lipinski definition) is 2. The molecule has 1 heterocycles. The number of amides is 1. The van der Waals surface area contributed by atoms with Gasteiger partial charge in [-0.15, -0.1) is 12.4 Å². The highest BCUT2D eigenvalue weighted by atomic mass is 35.5. The number of nitrogens with zero attached hydrogens (tertiary/aromatic N) is 2. The number of halogens is 1. The summed E-state index contributed by atoms with van der Waals surface area (Å²) < 4.78 is 1.93. The van der Waals surface area contributed by atoms with E-state index in [2.05, 4.69) is 16.5 Å². The number of unbranched alkanes of at least 4 members (excludes halogenated alkanes) is 3. The van der Waals surface area contributed by atoms with Crippen LogP contribution in [0.2, 0.25) is 0 Å². The Kier molecular flexibility index (Phi) is 9.24. The first-order valence-electron chi connectivity index (χ1n) is 8.70. The van der Waals surface area contributed by atoms with E-state index >= 15 is 0 Å². The van der Waals surface area contributed by atoms with E-state index in [4.69, 9.17) is 5.73 Å². The number of carbonyl (C=O) groups excluding carboxylic acids is 1. The van der Waals surface area contributed by atoms with Gasteiger partial charge in [0.2, 0.25) is 5.91 Å². The van der Waals surface area contributed by atoms with Gasteiger partial charge in [0, 0.05) is 18.7 Å². The van der Waals surface area contributed by atoms with Crippen LogP contribution in [0.5, 0.6) is 0 Å². The van der Waals surface area contributed by atoms with Crippen LogP contribution in [-0.2, 0) is 11.3 Å². The minimum absolute atomic E-state index is 0. The fraction of sp³-hybridized carbons (Fsp3) is 0.474. The molecule has 0 saturated carbocycles. The largest absolute Gasteiger partial charge is 0.352 e. The SMILES string of the molecule is Cc1cc(C)n(-c2ccccc2CNC(=O)CCCCCCN)n1.Cl. The summed E-state index contributed by atoms with van der Waals surface area (Å²) in [4.78, 5) is 12.0. The molecule has 0 saturated heterocycles. The van der Waals surface area contributed by atoms with Crippen molar-refractivity contribution < 1.29 is 4.79 Å². The lowest BCUT2D eigenvalue weighted by Gasteiger charge is -2.12. The second kappa shape index (κ2) is 10.9. The second-order valence-electron chi connectivity index (χ2n) is 6.20. The van der Waals surface area contributed by atoms with Crippen molar-refractivity contribution in [3.05, 3.63) is 47.3 Å². The van der Waals surface area contributed by atoms with Gasteiger partial charge in [0.05, 0.1) is 11.4 Å². The zero-order valence-electron chi connectivity index (χ0n) is 15.1. The molecule has 25 heavy (non-hydrogen) atoms. The lowest BCUT2D eigenvalue weighted by Crippen LogP contribution is -2.23. The van der Waals surface area contributed by atoms with Crippen molar-refractivity contribution in [3.8, 4) is 5.69 Å². The number of carbonyl (C=O) groups is 1. The second-order valence-corrected chi connectivity index (χ2v) is 6.20. The van der Waals surface area contributed by atoms with E-state index in [0.29, 0.717) is 13.0 Å². The molecule has 1 aromatic carbocycles. The van der Waals surface area contributed by atoms with Crippen molar-refractivity contribution in [2.45, 2.75) is 52.5 Å². The van der Waals surface area contributed by atoms with Gasteiger partial charge in [0.15, 0.2) is 0 Å². The van der Waals surface area contributed by atoms with Crippen LogP contribution < -0.4 is 11.1 Å². The number of aryl methyl sites for hydroxylation is 2. The van der Waals surface area contributed by atoms with Crippen LogP contribution in [0.4, 0.5) is 0 Å². The lowest BCUT2D eigenvalue weighted by molar-refractivity contribution is -0.121. The third kappa shape index (κ3) is 6.52. The number of nitrogens with two attached hydrogens (primary N) is 1. The van der Waals surface area contributed by atoms with Crippen molar-refractivity contribution in [1.29, 1.82) is 0 Å². The number of hydrogen-bond acceptors (Lipinski definition) is 3. The number of nitrogens with one attached hydrogen (secondary N) is 1. The maximum atomic E-state index is 12.0. The monoisotopic (exact) mass is 364 g/mol. The molecule has 0 aliphatic carbocycles. The third-order valence-corrected chi connectivity index (χ3v) is 4.06. The van der Waals surface area contributed by atoms with Crippen LogP contribution in [0.25, 0.3) is 5.69 Å². The van der Waals surface area contributed by atoms with Gasteiger partial charge in [-0.1, -0.05) is 31.0 Å². The molecule has 5 nitrogen and oxygen atoms in total. The highest BCUT2D eigenvalue weighted by Gasteiger charge is 2.09. The summed E-state index contributed by atoms with van der Waals surface area (Å²) in [6, 6.07) is 10.1. The Morgan fingerprint density at radius 2 is 1.88 bits per heavy atom. The summed E-state index contributed by atoms with van der Waals surface area (Å²) in [6.07, 6.45) is 4.70. The van der Waals surface area contributed by atoms with Gasteiger partial charge in [-0.2, -0.15) is 5.10 Å². The average molecular weight is 365 g/mol. The van der Waals surface area contributed by atoms with Gasteiger partial charge in [0.25, 0.3) is 0 Å². The van der Waals surface area contributed by atoms with E-state index in [-0.39, 0.29) is 18.3 Å². The molecular weight excluding hydrogens is 336 g/mol. The Hall–Kier alpha value is -1.85. The van der Waals surface area contributed by atoms with Crippen LogP contribution >= 0.6 is 12.4 Å². The first-order valence-corrected chi connectivity index (χ1v) is 8.70. The summed E-state index contributed by atoms with van der Waals surface area (Å²) in [5.74, 6) is 0.103. The predicted octanol–water partition coefficient (Wildman–Crippen LogP) is 3.44. The number of aromatic nitrogens is 2. The summed E-state index contributed by atoms with van der Waals surface area (Å²) >= 11 is 0. The Morgan fingerprint density at radius 3 is 2.56 bits per heavy atom. The van der Waals surface area contributed by atoms with Crippen LogP contribution in [-0.4, -0.2) is 22.2 Å². The van der Waals surface area contributed by atoms with E-state index in [1.165, 1.54) is 0 Å². The van der Waals surface area contributed by atoms with Gasteiger partial charge < -0.3 is 11.1 Å². The summed E-state index contributed by atoms with van der Waals surface area (Å²) in [5, 5.41) is 7.56. The molecule has 0 atom stereocenters. The number of rotatable bonds is 9. The van der Waals surface area contributed by atoms with E-state index in [9.17, 15) is 4.79 Å². The summed E-state index contributed by atoms with van der Waals surface area (Å²) in [7, 11) is 0. The molecule has 0 spiro atoms. The Bertz CT molecular complexity index is 669.